The van der Waals surface area contributed by atoms with Crippen LogP contribution >= 0.6 is 0 Å². The molecule has 0 heterocycles. The molecule has 2 aromatic carbocycles. The lowest BCUT2D eigenvalue weighted by Gasteiger charge is -2.26. The molecule has 1 N–H and O–H groups in total. The van der Waals surface area contributed by atoms with E-state index in [-0.39, 0.29) is 6.42 Å². The average Bonchev–Trinajstić information content (AvgIpc) is 2.52. The second-order valence-corrected chi connectivity index (χ2v) is 5.06. The zero-order chi connectivity index (χ0) is 15.9. The molecule has 114 valence electrons. The van der Waals surface area contributed by atoms with Gasteiger partial charge in [0.15, 0.2) is 0 Å². The van der Waals surface area contributed by atoms with Crippen LogP contribution in [0.3, 0.4) is 0 Å². The van der Waals surface area contributed by atoms with E-state index in [1.54, 1.807) is 0 Å². The van der Waals surface area contributed by atoms with Gasteiger partial charge in [-0.1, -0.05) is 60.7 Å². The molecule has 0 saturated carbocycles. The Kier molecular flexibility index (Phi) is 5.31. The van der Waals surface area contributed by atoms with Crippen molar-refractivity contribution in [2.45, 2.75) is 25.4 Å². The van der Waals surface area contributed by atoms with E-state index in [2.05, 4.69) is 0 Å². The first-order valence-electron chi connectivity index (χ1n) is 7.07. The van der Waals surface area contributed by atoms with E-state index in [4.69, 9.17) is 4.74 Å². The van der Waals surface area contributed by atoms with E-state index < -0.39 is 24.0 Å². The molecule has 2 rings (SSSR count). The van der Waals surface area contributed by atoms with Crippen molar-refractivity contribution < 1.29 is 19.4 Å². The van der Waals surface area contributed by atoms with Crippen molar-refractivity contribution in [3.8, 4) is 0 Å². The quantitative estimate of drug-likeness (QED) is 0.828. The molecule has 0 spiro atoms. The summed E-state index contributed by atoms with van der Waals surface area (Å²) in [5.74, 6) is -1.80. The number of benzene rings is 2. The van der Waals surface area contributed by atoms with E-state index in [1.165, 1.54) is 6.92 Å². The van der Waals surface area contributed by atoms with E-state index in [1.807, 2.05) is 60.7 Å². The molecule has 0 aliphatic rings. The number of hydrogen-bond acceptors (Lipinski definition) is 3. The van der Waals surface area contributed by atoms with Gasteiger partial charge >= 0.3 is 11.9 Å². The molecule has 0 unspecified atom stereocenters. The highest BCUT2D eigenvalue weighted by Gasteiger charge is 2.29. The molecule has 22 heavy (non-hydrogen) atoms. The molecule has 2 atom stereocenters. The highest BCUT2D eigenvalue weighted by Crippen LogP contribution is 2.36. The fraction of sp³-hybridized carbons (Fsp3) is 0.222. The number of hydrogen-bond donors (Lipinski definition) is 1. The zero-order valence-corrected chi connectivity index (χ0v) is 12.3. The average molecular weight is 298 g/mol. The lowest BCUT2D eigenvalue weighted by atomic mass is 9.86. The zero-order valence-electron chi connectivity index (χ0n) is 12.3. The molecular formula is C18H18O4. The first kappa shape index (κ1) is 15.8. The summed E-state index contributed by atoms with van der Waals surface area (Å²) in [4.78, 5) is 22.7. The number of ether oxygens (including phenoxy) is 1. The van der Waals surface area contributed by atoms with Gasteiger partial charge in [-0.05, 0) is 11.1 Å². The van der Waals surface area contributed by atoms with Crippen molar-refractivity contribution in [3.63, 3.8) is 0 Å². The first-order chi connectivity index (χ1) is 10.6. The summed E-state index contributed by atoms with van der Waals surface area (Å²) < 4.78 is 5.45. The summed E-state index contributed by atoms with van der Waals surface area (Å²) in [5.41, 5.74) is 1.62. The van der Waals surface area contributed by atoms with Crippen molar-refractivity contribution in [3.05, 3.63) is 71.8 Å². The molecule has 0 aliphatic heterocycles. The molecule has 2 aromatic rings. The van der Waals surface area contributed by atoms with Crippen molar-refractivity contribution in [1.82, 2.24) is 0 Å². The predicted molar refractivity (Wildman–Crippen MR) is 82.4 cm³/mol. The Balaban J connectivity index is 2.43. The van der Waals surface area contributed by atoms with Gasteiger partial charge in [0.1, 0.15) is 6.10 Å². The van der Waals surface area contributed by atoms with Gasteiger partial charge in [-0.2, -0.15) is 0 Å². The molecule has 0 radical (unpaired) electrons. The maximum atomic E-state index is 11.5. The molecule has 0 bridgehead atoms. The van der Waals surface area contributed by atoms with Crippen molar-refractivity contribution in [1.29, 1.82) is 0 Å². The molecule has 0 aliphatic carbocycles. The molecule has 4 heteroatoms. The van der Waals surface area contributed by atoms with Crippen molar-refractivity contribution in [2.24, 2.45) is 0 Å². The molecule has 4 nitrogen and oxygen atoms in total. The number of aliphatic carboxylic acids is 1. The van der Waals surface area contributed by atoms with Crippen LogP contribution in [0.1, 0.15) is 36.5 Å². The summed E-state index contributed by atoms with van der Waals surface area (Å²) in [7, 11) is 0. The molecule has 0 saturated heterocycles. The monoisotopic (exact) mass is 298 g/mol. The van der Waals surface area contributed by atoms with Crippen LogP contribution in [-0.2, 0) is 14.3 Å². The van der Waals surface area contributed by atoms with E-state index >= 15 is 0 Å². The van der Waals surface area contributed by atoms with Crippen LogP contribution in [0.15, 0.2) is 60.7 Å². The number of carbonyl (C=O) groups is 2. The van der Waals surface area contributed by atoms with Gasteiger partial charge in [0, 0.05) is 12.8 Å². The minimum Gasteiger partial charge on any atom is -0.481 e. The Morgan fingerprint density at radius 2 is 1.45 bits per heavy atom. The van der Waals surface area contributed by atoms with Crippen LogP contribution in [0.5, 0.6) is 0 Å². The summed E-state index contributed by atoms with van der Waals surface area (Å²) in [5, 5.41) is 9.23. The van der Waals surface area contributed by atoms with Gasteiger partial charge in [0.2, 0.25) is 0 Å². The third-order valence-electron chi connectivity index (χ3n) is 3.41. The van der Waals surface area contributed by atoms with Crippen LogP contribution < -0.4 is 0 Å². The molecular weight excluding hydrogens is 280 g/mol. The Hall–Kier alpha value is -2.62. The highest BCUT2D eigenvalue weighted by molar-refractivity contribution is 5.69. The molecule has 0 aromatic heterocycles. The number of carboxylic acid groups (broad SMARTS) is 1. The number of carbonyl (C=O) groups excluding carboxylic acids is 1. The van der Waals surface area contributed by atoms with Gasteiger partial charge in [0.05, 0.1) is 6.42 Å². The Labute approximate surface area is 129 Å². The largest absolute Gasteiger partial charge is 0.481 e. The Bertz CT molecular complexity index is 565. The van der Waals surface area contributed by atoms with Crippen LogP contribution in [0.2, 0.25) is 0 Å². The number of esters is 1. The minimum atomic E-state index is -0.929. The fourth-order valence-electron chi connectivity index (χ4n) is 2.49. The number of rotatable bonds is 6. The van der Waals surface area contributed by atoms with E-state index in [9.17, 15) is 14.7 Å². The maximum Gasteiger partial charge on any atom is 0.304 e. The number of carboxylic acids is 1. The third kappa shape index (κ3) is 4.19. The van der Waals surface area contributed by atoms with Gasteiger partial charge in [0.25, 0.3) is 0 Å². The maximum absolute atomic E-state index is 11.5. The summed E-state index contributed by atoms with van der Waals surface area (Å²) in [6.45, 7) is 1.33. The summed E-state index contributed by atoms with van der Waals surface area (Å²) in [6, 6.07) is 18.5. The molecule has 0 amide bonds. The van der Waals surface area contributed by atoms with Gasteiger partial charge in [-0.15, -0.1) is 0 Å². The second kappa shape index (κ2) is 7.41. The standard InChI is InChI=1S/C18H18O4/c1-13(19)22-18(15-10-6-3-7-11-15)16(12-17(20)21)14-8-4-2-5-9-14/h2-11,16,18H,12H2,1H3,(H,20,21)/t16-,18+/m1/s1. The Morgan fingerprint density at radius 3 is 1.91 bits per heavy atom. The summed E-state index contributed by atoms with van der Waals surface area (Å²) >= 11 is 0. The van der Waals surface area contributed by atoms with Crippen LogP contribution in [-0.4, -0.2) is 17.0 Å². The fourth-order valence-corrected chi connectivity index (χ4v) is 2.49. The third-order valence-corrected chi connectivity index (χ3v) is 3.41. The Morgan fingerprint density at radius 1 is 0.955 bits per heavy atom. The van der Waals surface area contributed by atoms with Crippen molar-refractivity contribution >= 4 is 11.9 Å². The minimum absolute atomic E-state index is 0.114. The lowest BCUT2D eigenvalue weighted by molar-refractivity contribution is -0.150. The van der Waals surface area contributed by atoms with Crippen molar-refractivity contribution in [2.75, 3.05) is 0 Å². The highest BCUT2D eigenvalue weighted by atomic mass is 16.5. The molecule has 0 fully saturated rings. The smallest absolute Gasteiger partial charge is 0.304 e. The SMILES string of the molecule is CC(=O)O[C@@H](c1ccccc1)[C@H](CC(=O)O)c1ccccc1. The van der Waals surface area contributed by atoms with Crippen LogP contribution in [0.4, 0.5) is 0 Å². The van der Waals surface area contributed by atoms with Gasteiger partial charge in [-0.25, -0.2) is 0 Å². The normalized spacial score (nSPS) is 13.1. The second-order valence-electron chi connectivity index (χ2n) is 5.06. The van der Waals surface area contributed by atoms with Gasteiger partial charge < -0.3 is 9.84 Å². The summed E-state index contributed by atoms with van der Waals surface area (Å²) in [6.07, 6.45) is -0.742. The van der Waals surface area contributed by atoms with Crippen LogP contribution in [0, 0.1) is 0 Å². The first-order valence-corrected chi connectivity index (χ1v) is 7.07. The topological polar surface area (TPSA) is 63.6 Å². The van der Waals surface area contributed by atoms with E-state index in [0.717, 1.165) is 11.1 Å². The predicted octanol–water partition coefficient (Wildman–Crippen LogP) is 3.55. The lowest BCUT2D eigenvalue weighted by Crippen LogP contribution is -2.20. The van der Waals surface area contributed by atoms with Crippen LogP contribution in [0.25, 0.3) is 0 Å². The van der Waals surface area contributed by atoms with Gasteiger partial charge in [-0.3, -0.25) is 9.59 Å². The van der Waals surface area contributed by atoms with E-state index in [0.29, 0.717) is 0 Å².